The van der Waals surface area contributed by atoms with Crippen LogP contribution in [0.25, 0.3) is 0 Å². The molecule has 0 spiro atoms. The summed E-state index contributed by atoms with van der Waals surface area (Å²) in [6, 6.07) is 7.49. The van der Waals surface area contributed by atoms with E-state index in [0.29, 0.717) is 5.75 Å². The Morgan fingerprint density at radius 2 is 2.06 bits per heavy atom. The molecule has 3 nitrogen and oxygen atoms in total. The van der Waals surface area contributed by atoms with Gasteiger partial charge in [0.15, 0.2) is 0 Å². The molecular formula is C13H17NO2. The molecule has 1 saturated heterocycles. The van der Waals surface area contributed by atoms with Crippen molar-refractivity contribution in [3.8, 4) is 5.75 Å². The average molecular weight is 219 g/mol. The fourth-order valence-electron chi connectivity index (χ4n) is 2.00. The summed E-state index contributed by atoms with van der Waals surface area (Å²) in [5, 5.41) is 0. The molecule has 1 atom stereocenters. The number of likely N-dealkylation sites (N-methyl/N-ethyl adjacent to an activating group) is 1. The molecule has 1 aliphatic rings. The predicted molar refractivity (Wildman–Crippen MR) is 62.5 cm³/mol. The third kappa shape index (κ3) is 2.42. The van der Waals surface area contributed by atoms with Crippen LogP contribution in [0.5, 0.6) is 5.75 Å². The monoisotopic (exact) mass is 219 g/mol. The molecule has 0 aromatic heterocycles. The van der Waals surface area contributed by atoms with Crippen LogP contribution in [0.15, 0.2) is 24.3 Å². The van der Waals surface area contributed by atoms with E-state index in [2.05, 4.69) is 4.90 Å². The summed E-state index contributed by atoms with van der Waals surface area (Å²) in [6.07, 6.45) is 1.98. The second kappa shape index (κ2) is 4.66. The molecule has 0 bridgehead atoms. The van der Waals surface area contributed by atoms with E-state index in [1.165, 1.54) is 0 Å². The van der Waals surface area contributed by atoms with Crippen molar-refractivity contribution in [2.24, 2.45) is 0 Å². The highest BCUT2D eigenvalue weighted by Crippen LogP contribution is 2.18. The van der Waals surface area contributed by atoms with Gasteiger partial charge in [0, 0.05) is 0 Å². The molecule has 0 N–H and O–H groups in total. The van der Waals surface area contributed by atoms with Crippen molar-refractivity contribution in [1.82, 2.24) is 4.90 Å². The van der Waals surface area contributed by atoms with Crippen molar-refractivity contribution in [3.05, 3.63) is 29.8 Å². The zero-order valence-corrected chi connectivity index (χ0v) is 9.77. The van der Waals surface area contributed by atoms with E-state index in [4.69, 9.17) is 4.74 Å². The van der Waals surface area contributed by atoms with Crippen molar-refractivity contribution in [3.63, 3.8) is 0 Å². The van der Waals surface area contributed by atoms with Gasteiger partial charge in [-0.3, -0.25) is 4.90 Å². The van der Waals surface area contributed by atoms with Crippen molar-refractivity contribution in [1.29, 1.82) is 0 Å². The van der Waals surface area contributed by atoms with Gasteiger partial charge in [0.1, 0.15) is 11.8 Å². The van der Waals surface area contributed by atoms with E-state index in [0.717, 1.165) is 24.9 Å². The number of nitrogens with zero attached hydrogens (tertiary/aromatic N) is 1. The number of hydrogen-bond donors (Lipinski definition) is 0. The molecule has 1 fully saturated rings. The predicted octanol–water partition coefficient (Wildman–Crippen LogP) is 1.99. The highest BCUT2D eigenvalue weighted by Gasteiger charge is 2.29. The first-order chi connectivity index (χ1) is 7.66. The van der Waals surface area contributed by atoms with Crippen LogP contribution in [0.3, 0.4) is 0 Å². The van der Waals surface area contributed by atoms with Gasteiger partial charge in [-0.1, -0.05) is 17.7 Å². The van der Waals surface area contributed by atoms with E-state index in [1.807, 2.05) is 38.2 Å². The Morgan fingerprint density at radius 1 is 1.38 bits per heavy atom. The minimum atomic E-state index is -0.135. The van der Waals surface area contributed by atoms with Crippen LogP contribution in [0.4, 0.5) is 0 Å². The second-order valence-corrected chi connectivity index (χ2v) is 4.37. The van der Waals surface area contributed by atoms with Crippen LogP contribution in [-0.2, 0) is 4.79 Å². The number of carbonyl (C=O) groups is 1. The summed E-state index contributed by atoms with van der Waals surface area (Å²) in [5.74, 6) is 0.500. The molecule has 2 rings (SSSR count). The van der Waals surface area contributed by atoms with Crippen LogP contribution in [-0.4, -0.2) is 30.5 Å². The summed E-state index contributed by atoms with van der Waals surface area (Å²) >= 11 is 0. The lowest BCUT2D eigenvalue weighted by molar-refractivity contribution is -0.138. The lowest BCUT2D eigenvalue weighted by Gasteiger charge is -2.17. The molecule has 0 amide bonds. The third-order valence-electron chi connectivity index (χ3n) is 3.03. The lowest BCUT2D eigenvalue weighted by Crippen LogP contribution is -2.35. The molecule has 0 unspecified atom stereocenters. The molecule has 1 aromatic carbocycles. The fourth-order valence-corrected chi connectivity index (χ4v) is 2.00. The van der Waals surface area contributed by atoms with Crippen molar-refractivity contribution in [2.75, 3.05) is 13.6 Å². The number of hydrogen-bond acceptors (Lipinski definition) is 3. The zero-order chi connectivity index (χ0) is 11.5. The Bertz CT molecular complexity index is 372. The third-order valence-corrected chi connectivity index (χ3v) is 3.03. The first kappa shape index (κ1) is 11.1. The Labute approximate surface area is 96.0 Å². The first-order valence-corrected chi connectivity index (χ1v) is 5.65. The maximum Gasteiger partial charge on any atom is 0.328 e. The summed E-state index contributed by atoms with van der Waals surface area (Å²) in [4.78, 5) is 13.9. The summed E-state index contributed by atoms with van der Waals surface area (Å²) < 4.78 is 5.34. The smallest absolute Gasteiger partial charge is 0.328 e. The quantitative estimate of drug-likeness (QED) is 0.563. The standard InChI is InChI=1S/C13H17NO2/c1-10-5-7-11(8-6-10)16-13(15)12-4-3-9-14(12)2/h5-8,12H,3-4,9H2,1-2H3/t12-/m0/s1. The van der Waals surface area contributed by atoms with Crippen LogP contribution >= 0.6 is 0 Å². The van der Waals surface area contributed by atoms with Gasteiger partial charge in [-0.15, -0.1) is 0 Å². The van der Waals surface area contributed by atoms with Crippen LogP contribution in [0, 0.1) is 6.92 Å². The highest BCUT2D eigenvalue weighted by atomic mass is 16.5. The fraction of sp³-hybridized carbons (Fsp3) is 0.462. The minimum absolute atomic E-state index is 0.0682. The van der Waals surface area contributed by atoms with Crippen LogP contribution in [0.1, 0.15) is 18.4 Å². The molecule has 0 radical (unpaired) electrons. The van der Waals surface area contributed by atoms with Gasteiger partial charge >= 0.3 is 5.97 Å². The molecule has 0 aliphatic carbocycles. The molecule has 16 heavy (non-hydrogen) atoms. The number of ether oxygens (including phenoxy) is 1. The van der Waals surface area contributed by atoms with E-state index in [9.17, 15) is 4.79 Å². The number of esters is 1. The van der Waals surface area contributed by atoms with Gasteiger partial charge in [0.05, 0.1) is 0 Å². The van der Waals surface area contributed by atoms with E-state index in [1.54, 1.807) is 0 Å². The van der Waals surface area contributed by atoms with E-state index < -0.39 is 0 Å². The van der Waals surface area contributed by atoms with Gasteiger partial charge < -0.3 is 4.74 Å². The molecular weight excluding hydrogens is 202 g/mol. The SMILES string of the molecule is Cc1ccc(OC(=O)[C@@H]2CCCN2C)cc1. The van der Waals surface area contributed by atoms with Crippen LogP contribution in [0.2, 0.25) is 0 Å². The number of benzene rings is 1. The van der Waals surface area contributed by atoms with Gasteiger partial charge in [-0.25, -0.2) is 4.79 Å². The Morgan fingerprint density at radius 3 is 2.62 bits per heavy atom. The highest BCUT2D eigenvalue weighted by molar-refractivity contribution is 5.78. The minimum Gasteiger partial charge on any atom is -0.425 e. The van der Waals surface area contributed by atoms with Crippen molar-refractivity contribution >= 4 is 5.97 Å². The summed E-state index contributed by atoms with van der Waals surface area (Å²) in [6.45, 7) is 2.99. The van der Waals surface area contributed by atoms with Gasteiger partial charge in [-0.05, 0) is 45.5 Å². The molecule has 86 valence electrons. The number of carbonyl (C=O) groups excluding carboxylic acids is 1. The molecule has 1 aromatic rings. The van der Waals surface area contributed by atoms with E-state index >= 15 is 0 Å². The maximum absolute atomic E-state index is 11.8. The molecule has 3 heteroatoms. The molecule has 1 aliphatic heterocycles. The lowest BCUT2D eigenvalue weighted by atomic mass is 10.2. The normalized spacial score (nSPS) is 21.0. The van der Waals surface area contributed by atoms with Gasteiger partial charge in [0.25, 0.3) is 0 Å². The van der Waals surface area contributed by atoms with Gasteiger partial charge in [-0.2, -0.15) is 0 Å². The summed E-state index contributed by atoms with van der Waals surface area (Å²) in [5.41, 5.74) is 1.16. The zero-order valence-electron chi connectivity index (χ0n) is 9.77. The number of rotatable bonds is 2. The Hall–Kier alpha value is -1.35. The van der Waals surface area contributed by atoms with Crippen molar-refractivity contribution in [2.45, 2.75) is 25.8 Å². The topological polar surface area (TPSA) is 29.5 Å². The molecule has 1 heterocycles. The Kier molecular flexibility index (Phi) is 3.25. The number of likely N-dealkylation sites (tertiary alicyclic amines) is 1. The summed E-state index contributed by atoms with van der Waals surface area (Å²) in [7, 11) is 1.97. The van der Waals surface area contributed by atoms with Crippen LogP contribution < -0.4 is 4.74 Å². The number of aryl methyl sites for hydroxylation is 1. The maximum atomic E-state index is 11.8. The Balaban J connectivity index is 1.99. The first-order valence-electron chi connectivity index (χ1n) is 5.65. The largest absolute Gasteiger partial charge is 0.425 e. The van der Waals surface area contributed by atoms with E-state index in [-0.39, 0.29) is 12.0 Å². The molecule has 0 saturated carbocycles. The average Bonchev–Trinajstić information content (AvgIpc) is 2.68. The second-order valence-electron chi connectivity index (χ2n) is 4.37. The van der Waals surface area contributed by atoms with Gasteiger partial charge in [0.2, 0.25) is 0 Å². The van der Waals surface area contributed by atoms with Crippen molar-refractivity contribution < 1.29 is 9.53 Å².